The van der Waals surface area contributed by atoms with Crippen LogP contribution in [0.15, 0.2) is 18.2 Å². The first kappa shape index (κ1) is 14.9. The molecule has 0 saturated heterocycles. The Kier molecular flexibility index (Phi) is 5.23. The first-order chi connectivity index (χ1) is 8.93. The number of carbonyl (C=O) groups excluding carboxylic acids is 1. The van der Waals surface area contributed by atoms with E-state index in [0.717, 1.165) is 12.1 Å². The molecule has 3 N–H and O–H groups in total. The first-order valence-corrected chi connectivity index (χ1v) is 5.66. The van der Waals surface area contributed by atoms with Gasteiger partial charge in [0.2, 0.25) is 0 Å². The Morgan fingerprint density at radius 2 is 2.05 bits per heavy atom. The van der Waals surface area contributed by atoms with Gasteiger partial charge in [0.05, 0.1) is 11.6 Å². The van der Waals surface area contributed by atoms with Gasteiger partial charge in [0.25, 0.3) is 0 Å². The zero-order valence-electron chi connectivity index (χ0n) is 10.2. The van der Waals surface area contributed by atoms with Crippen LogP contribution >= 0.6 is 0 Å². The Bertz CT molecular complexity index is 480. The minimum absolute atomic E-state index is 0.0690. The number of aliphatic carboxylic acids is 1. The van der Waals surface area contributed by atoms with E-state index in [0.29, 0.717) is 12.5 Å². The third kappa shape index (κ3) is 4.53. The minimum Gasteiger partial charge on any atom is -0.481 e. The number of anilines is 1. The molecule has 0 aliphatic carbocycles. The molecule has 1 atom stereocenters. The summed E-state index contributed by atoms with van der Waals surface area (Å²) < 4.78 is 25.9. The van der Waals surface area contributed by atoms with Gasteiger partial charge >= 0.3 is 12.0 Å². The molecule has 0 radical (unpaired) electrons. The van der Waals surface area contributed by atoms with Crippen molar-refractivity contribution in [3.63, 3.8) is 0 Å². The van der Waals surface area contributed by atoms with Crippen molar-refractivity contribution in [1.29, 1.82) is 0 Å². The van der Waals surface area contributed by atoms with Crippen molar-refractivity contribution in [2.45, 2.75) is 13.3 Å². The molecule has 19 heavy (non-hydrogen) atoms. The van der Waals surface area contributed by atoms with Crippen LogP contribution in [0.1, 0.15) is 13.3 Å². The number of urea groups is 1. The number of carboxylic acids is 1. The number of halogens is 2. The van der Waals surface area contributed by atoms with E-state index >= 15 is 0 Å². The lowest BCUT2D eigenvalue weighted by Gasteiger charge is -2.12. The summed E-state index contributed by atoms with van der Waals surface area (Å²) in [6, 6.07) is 1.98. The molecular weight excluding hydrogens is 258 g/mol. The molecule has 1 aromatic carbocycles. The summed E-state index contributed by atoms with van der Waals surface area (Å²) in [7, 11) is 0. The van der Waals surface area contributed by atoms with E-state index in [1.165, 1.54) is 0 Å². The molecule has 0 spiro atoms. The van der Waals surface area contributed by atoms with Crippen LogP contribution in [0, 0.1) is 17.6 Å². The summed E-state index contributed by atoms with van der Waals surface area (Å²) in [6.07, 6.45) is 0.362. The topological polar surface area (TPSA) is 78.4 Å². The lowest BCUT2D eigenvalue weighted by Crippen LogP contribution is -2.35. The molecule has 0 aromatic heterocycles. The maximum Gasteiger partial charge on any atom is 0.319 e. The van der Waals surface area contributed by atoms with E-state index in [-0.39, 0.29) is 12.2 Å². The van der Waals surface area contributed by atoms with Gasteiger partial charge in [0.15, 0.2) is 0 Å². The van der Waals surface area contributed by atoms with Crippen molar-refractivity contribution in [2.24, 2.45) is 5.92 Å². The Morgan fingerprint density at radius 1 is 1.37 bits per heavy atom. The van der Waals surface area contributed by atoms with Crippen LogP contribution in [0.4, 0.5) is 19.3 Å². The standard InChI is InChI=1S/C12H14F2N2O3/c1-2-7(11(17)18)6-15-12(19)16-10-4-3-8(13)5-9(10)14/h3-5,7H,2,6H2,1H3,(H,17,18)(H2,15,16,19). The van der Waals surface area contributed by atoms with Crippen LogP contribution in [0.5, 0.6) is 0 Å². The maximum absolute atomic E-state index is 13.2. The largest absolute Gasteiger partial charge is 0.481 e. The number of benzene rings is 1. The van der Waals surface area contributed by atoms with E-state index in [1.807, 2.05) is 0 Å². The number of hydrogen-bond donors (Lipinski definition) is 3. The number of carbonyl (C=O) groups is 2. The molecule has 0 aliphatic rings. The summed E-state index contributed by atoms with van der Waals surface area (Å²) in [6.45, 7) is 1.61. The second-order valence-corrected chi connectivity index (χ2v) is 3.90. The highest BCUT2D eigenvalue weighted by Gasteiger charge is 2.16. The molecule has 0 heterocycles. The lowest BCUT2D eigenvalue weighted by molar-refractivity contribution is -0.141. The van der Waals surface area contributed by atoms with Gasteiger partial charge in [-0.15, -0.1) is 0 Å². The van der Waals surface area contributed by atoms with Gasteiger partial charge in [0.1, 0.15) is 11.6 Å². The number of hydrogen-bond acceptors (Lipinski definition) is 2. The molecule has 0 fully saturated rings. The molecule has 0 bridgehead atoms. The monoisotopic (exact) mass is 272 g/mol. The van der Waals surface area contributed by atoms with Crippen LogP contribution in [-0.2, 0) is 4.79 Å². The summed E-state index contributed by atoms with van der Waals surface area (Å²) in [5.74, 6) is -3.37. The SMILES string of the molecule is CCC(CNC(=O)Nc1ccc(F)cc1F)C(=O)O. The van der Waals surface area contributed by atoms with Gasteiger partial charge in [-0.2, -0.15) is 0 Å². The fourth-order valence-corrected chi connectivity index (χ4v) is 1.38. The van der Waals surface area contributed by atoms with Gasteiger partial charge in [-0.3, -0.25) is 4.79 Å². The van der Waals surface area contributed by atoms with Crippen molar-refractivity contribution in [3.05, 3.63) is 29.8 Å². The molecule has 5 nitrogen and oxygen atoms in total. The molecule has 2 amide bonds. The number of amides is 2. The van der Waals surface area contributed by atoms with Crippen LogP contribution in [0.3, 0.4) is 0 Å². The first-order valence-electron chi connectivity index (χ1n) is 5.66. The predicted octanol–water partition coefficient (Wildman–Crippen LogP) is 2.20. The Hall–Kier alpha value is -2.18. The highest BCUT2D eigenvalue weighted by atomic mass is 19.1. The fraction of sp³-hybridized carbons (Fsp3) is 0.333. The van der Waals surface area contributed by atoms with Crippen molar-refractivity contribution in [1.82, 2.24) is 5.32 Å². The smallest absolute Gasteiger partial charge is 0.319 e. The van der Waals surface area contributed by atoms with Crippen LogP contribution < -0.4 is 10.6 Å². The average molecular weight is 272 g/mol. The van der Waals surface area contributed by atoms with E-state index in [4.69, 9.17) is 5.11 Å². The molecule has 104 valence electrons. The second kappa shape index (κ2) is 6.67. The Morgan fingerprint density at radius 3 is 2.58 bits per heavy atom. The van der Waals surface area contributed by atoms with Gasteiger partial charge in [0, 0.05) is 12.6 Å². The van der Waals surface area contributed by atoms with Crippen molar-refractivity contribution >= 4 is 17.7 Å². The number of carboxylic acid groups (broad SMARTS) is 1. The highest BCUT2D eigenvalue weighted by molar-refractivity contribution is 5.89. The lowest BCUT2D eigenvalue weighted by atomic mass is 10.1. The van der Waals surface area contributed by atoms with Gasteiger partial charge in [-0.05, 0) is 18.6 Å². The fourth-order valence-electron chi connectivity index (χ4n) is 1.38. The van der Waals surface area contributed by atoms with E-state index in [2.05, 4.69) is 10.6 Å². The minimum atomic E-state index is -1.02. The Labute approximate surface area is 108 Å². The normalized spacial score (nSPS) is 11.7. The van der Waals surface area contributed by atoms with Crippen molar-refractivity contribution in [3.8, 4) is 0 Å². The predicted molar refractivity (Wildman–Crippen MR) is 64.8 cm³/mol. The highest BCUT2D eigenvalue weighted by Crippen LogP contribution is 2.14. The molecule has 1 aromatic rings. The quantitative estimate of drug-likeness (QED) is 0.768. The Balaban J connectivity index is 2.53. The van der Waals surface area contributed by atoms with E-state index in [9.17, 15) is 18.4 Å². The van der Waals surface area contributed by atoms with Gasteiger partial charge in [-0.25, -0.2) is 13.6 Å². The molecule has 1 rings (SSSR count). The molecule has 1 unspecified atom stereocenters. The zero-order valence-corrected chi connectivity index (χ0v) is 10.2. The second-order valence-electron chi connectivity index (χ2n) is 3.90. The third-order valence-electron chi connectivity index (χ3n) is 2.53. The van der Waals surface area contributed by atoms with Crippen molar-refractivity contribution < 1.29 is 23.5 Å². The van der Waals surface area contributed by atoms with E-state index in [1.54, 1.807) is 6.92 Å². The average Bonchev–Trinajstić information content (AvgIpc) is 2.33. The number of rotatable bonds is 5. The van der Waals surface area contributed by atoms with Crippen molar-refractivity contribution in [2.75, 3.05) is 11.9 Å². The molecular formula is C12H14F2N2O3. The molecule has 0 aliphatic heterocycles. The summed E-state index contributed by atoms with van der Waals surface area (Å²) in [5, 5.41) is 13.3. The molecule has 7 heteroatoms. The van der Waals surface area contributed by atoms with Gasteiger partial charge < -0.3 is 15.7 Å². The summed E-state index contributed by atoms with van der Waals surface area (Å²) in [5.41, 5.74) is -0.178. The van der Waals surface area contributed by atoms with Gasteiger partial charge in [-0.1, -0.05) is 6.92 Å². The van der Waals surface area contributed by atoms with Crippen LogP contribution in [0.2, 0.25) is 0 Å². The molecule has 0 saturated carbocycles. The van der Waals surface area contributed by atoms with Crippen LogP contribution in [-0.4, -0.2) is 23.7 Å². The summed E-state index contributed by atoms with van der Waals surface area (Å²) >= 11 is 0. The van der Waals surface area contributed by atoms with Crippen LogP contribution in [0.25, 0.3) is 0 Å². The third-order valence-corrected chi connectivity index (χ3v) is 2.53. The zero-order chi connectivity index (χ0) is 14.4. The maximum atomic E-state index is 13.2. The summed E-state index contributed by atoms with van der Waals surface area (Å²) in [4.78, 5) is 22.1. The number of nitrogens with one attached hydrogen (secondary N) is 2. The van der Waals surface area contributed by atoms with E-state index < -0.39 is 29.6 Å².